The summed E-state index contributed by atoms with van der Waals surface area (Å²) >= 11 is 0. The number of hydrogen-bond donors (Lipinski definition) is 6. The zero-order valence-corrected chi connectivity index (χ0v) is 47.1. The molecule has 2 aliphatic heterocycles. The lowest BCUT2D eigenvalue weighted by molar-refractivity contribution is -0.144. The molecule has 5 amide bonds. The van der Waals surface area contributed by atoms with Crippen LogP contribution in [0.25, 0.3) is 11.3 Å². The molecule has 6 rings (SSSR count). The predicted octanol–water partition coefficient (Wildman–Crippen LogP) is 3.20. The molecule has 0 unspecified atom stereocenters. The summed E-state index contributed by atoms with van der Waals surface area (Å²) in [5.74, 6) is -2.20. The van der Waals surface area contributed by atoms with Crippen molar-refractivity contribution in [2.45, 2.75) is 110 Å². The highest BCUT2D eigenvalue weighted by Crippen LogP contribution is 2.34. The van der Waals surface area contributed by atoms with E-state index in [1.165, 1.54) is 34.0 Å². The first-order valence-electron chi connectivity index (χ1n) is 27.1. The lowest BCUT2D eigenvalue weighted by atomic mass is 9.85. The van der Waals surface area contributed by atoms with Gasteiger partial charge in [0.25, 0.3) is 11.8 Å². The molecule has 23 nitrogen and oxygen atoms in total. The summed E-state index contributed by atoms with van der Waals surface area (Å²) in [5.41, 5.74) is 7.98. The molecule has 80 heavy (non-hydrogen) atoms. The SMILES string of the molecule is CC[C@@H](NC(=O)[C@@H]1C[C@H](NCCOCCOCCOCCOCCC(=O)NCCn2nc(C#N)c3c2CN(C)C(=O)c2ccc(F)cc2[C@@H](C)Oc2nc-3cnc2N)CN1C(=O)[C@@H](NC(=O)[C@H](C)NC)C(C)(C)C)c1ccccc1. The Labute approximate surface area is 467 Å². The molecule has 0 spiro atoms. The summed E-state index contributed by atoms with van der Waals surface area (Å²) in [6.07, 6.45) is 1.69. The first-order valence-corrected chi connectivity index (χ1v) is 27.1. The number of nitrogens with one attached hydrogen (secondary N) is 5. The highest BCUT2D eigenvalue weighted by atomic mass is 19.1. The van der Waals surface area contributed by atoms with Crippen LogP contribution in [0.5, 0.6) is 5.88 Å². The van der Waals surface area contributed by atoms with Crippen LogP contribution in [-0.2, 0) is 51.2 Å². The van der Waals surface area contributed by atoms with E-state index < -0.39 is 41.4 Å². The van der Waals surface area contributed by atoms with E-state index in [0.29, 0.717) is 70.3 Å². The van der Waals surface area contributed by atoms with Gasteiger partial charge in [-0.3, -0.25) is 28.7 Å². The minimum Gasteiger partial charge on any atom is -0.467 e. The molecule has 24 heteroatoms. The molecular weight excluding hydrogens is 1030 g/mol. The van der Waals surface area contributed by atoms with Crippen LogP contribution in [0, 0.1) is 22.6 Å². The predicted molar refractivity (Wildman–Crippen MR) is 294 cm³/mol. The second-order valence-electron chi connectivity index (χ2n) is 20.7. The van der Waals surface area contributed by atoms with Crippen molar-refractivity contribution in [3.63, 3.8) is 0 Å². The standard InChI is InChI=1S/C56H78FN13O10/c1-9-42(37-13-11-10-12-14-37)64-52(73)45-30-39(33-69(45)55(75)49(56(4,5)6)66-51(72)35(2)60-7)61-19-22-77-24-26-79-28-27-78-25-23-76-21-17-47(71)62-18-20-70-46-34-68(8)54(74)40-16-15-38(57)29-41(40)36(3)80-53-50(59)63-32-44(65-53)48(46)43(31-58)67-70/h10-16,29,32,35-36,39,42,45,49,60-61H,9,17-28,30,33-34H2,1-8H3,(H2,59,63)(H,62,71)(H,64,73)(H,66,72)/t35-,36+,39-,42+,45-,49+/m0/s1. The van der Waals surface area contributed by atoms with Gasteiger partial charge in [0, 0.05) is 50.3 Å². The number of carbonyl (C=O) groups is 5. The Kier molecular flexibility index (Phi) is 23.2. The Morgan fingerprint density at radius 1 is 0.963 bits per heavy atom. The number of rotatable bonds is 27. The topological polar surface area (TPSA) is 292 Å². The number of nitrogens with zero attached hydrogens (tertiary/aromatic N) is 7. The summed E-state index contributed by atoms with van der Waals surface area (Å²) in [6.45, 7) is 14.5. The smallest absolute Gasteiger partial charge is 0.258 e. The highest BCUT2D eigenvalue weighted by Gasteiger charge is 2.45. The van der Waals surface area contributed by atoms with Gasteiger partial charge < -0.3 is 65.8 Å². The van der Waals surface area contributed by atoms with Crippen LogP contribution < -0.4 is 37.1 Å². The fourth-order valence-electron chi connectivity index (χ4n) is 9.29. The number of amides is 5. The number of nitrogens with two attached hydrogens (primary N) is 1. The van der Waals surface area contributed by atoms with Crippen molar-refractivity contribution in [3.8, 4) is 23.2 Å². The first kappa shape index (κ1) is 62.1. The molecule has 4 aromatic rings. The maximum Gasteiger partial charge on any atom is 0.258 e. The van der Waals surface area contributed by atoms with Crippen LogP contribution >= 0.6 is 0 Å². The summed E-state index contributed by atoms with van der Waals surface area (Å²) < 4.78 is 44.7. The molecule has 2 bridgehead atoms. The molecule has 6 atom stereocenters. The number of benzene rings is 2. The van der Waals surface area contributed by atoms with Crippen LogP contribution in [0.4, 0.5) is 10.2 Å². The normalized spacial score (nSPS) is 17.4. The number of nitrogen functional groups attached to an aromatic ring is 1. The Morgan fingerprint density at radius 3 is 2.29 bits per heavy atom. The number of fused-ring (bicyclic) bond motifs is 5. The Hall–Kier alpha value is -7.14. The van der Waals surface area contributed by atoms with Crippen LogP contribution in [0.15, 0.2) is 54.7 Å². The van der Waals surface area contributed by atoms with Gasteiger partial charge in [0.1, 0.15) is 30.1 Å². The first-order chi connectivity index (χ1) is 38.3. The van der Waals surface area contributed by atoms with Gasteiger partial charge in [-0.25, -0.2) is 14.4 Å². The number of carbonyl (C=O) groups excluding carboxylic acids is 5. The van der Waals surface area contributed by atoms with Crippen molar-refractivity contribution in [1.82, 2.24) is 56.1 Å². The van der Waals surface area contributed by atoms with Crippen LogP contribution in [-0.4, -0.2) is 170 Å². The second-order valence-corrected chi connectivity index (χ2v) is 20.7. The average Bonchev–Trinajstić information content (AvgIpc) is 4.17. The van der Waals surface area contributed by atoms with E-state index in [0.717, 1.165) is 5.56 Å². The number of ether oxygens (including phenoxy) is 5. The fraction of sp³-hybridized carbons (Fsp3) is 0.554. The largest absolute Gasteiger partial charge is 0.467 e. The number of hydrogen-bond acceptors (Lipinski definition) is 17. The van der Waals surface area contributed by atoms with Crippen molar-refractivity contribution in [3.05, 3.63) is 88.6 Å². The van der Waals surface area contributed by atoms with E-state index in [1.54, 1.807) is 32.8 Å². The van der Waals surface area contributed by atoms with Crippen LogP contribution in [0.3, 0.4) is 0 Å². The zero-order valence-electron chi connectivity index (χ0n) is 47.1. The summed E-state index contributed by atoms with van der Waals surface area (Å²) in [7, 11) is 3.26. The Bertz CT molecular complexity index is 2770. The van der Waals surface area contributed by atoms with Gasteiger partial charge in [-0.15, -0.1) is 0 Å². The van der Waals surface area contributed by atoms with Gasteiger partial charge in [-0.1, -0.05) is 58.0 Å². The van der Waals surface area contributed by atoms with Crippen molar-refractivity contribution in [1.29, 1.82) is 5.26 Å². The molecule has 2 aromatic carbocycles. The van der Waals surface area contributed by atoms with Gasteiger partial charge in [0.05, 0.1) is 101 Å². The number of anilines is 1. The Balaban J connectivity index is 0.868. The molecule has 1 saturated heterocycles. The minimum absolute atomic E-state index is 0.0185. The maximum atomic E-state index is 14.4. The van der Waals surface area contributed by atoms with Gasteiger partial charge >= 0.3 is 0 Å². The maximum absolute atomic E-state index is 14.4. The molecule has 0 saturated carbocycles. The van der Waals surface area contributed by atoms with Gasteiger partial charge in [0.15, 0.2) is 11.5 Å². The molecule has 0 aliphatic carbocycles. The number of likely N-dealkylation sites (N-methyl/N-ethyl adjacent to an activating group) is 1. The van der Waals surface area contributed by atoms with Crippen molar-refractivity contribution in [2.24, 2.45) is 5.41 Å². The number of likely N-dealkylation sites (tertiary alicyclic amines) is 1. The van der Waals surface area contributed by atoms with Crippen molar-refractivity contribution in [2.75, 3.05) is 92.3 Å². The molecule has 7 N–H and O–H groups in total. The van der Waals surface area contributed by atoms with Crippen LogP contribution in [0.2, 0.25) is 0 Å². The Morgan fingerprint density at radius 2 is 1.64 bits per heavy atom. The van der Waals surface area contributed by atoms with Gasteiger partial charge in [-0.05, 0) is 62.9 Å². The molecule has 1 fully saturated rings. The van der Waals surface area contributed by atoms with E-state index in [9.17, 15) is 33.6 Å². The molecule has 434 valence electrons. The summed E-state index contributed by atoms with van der Waals surface area (Å²) in [5, 5.41) is 30.0. The quantitative estimate of drug-likeness (QED) is 0.0468. The van der Waals surface area contributed by atoms with Crippen LogP contribution in [0.1, 0.15) is 106 Å². The second kappa shape index (κ2) is 29.9. The van der Waals surface area contributed by atoms with Gasteiger partial charge in [0.2, 0.25) is 23.6 Å². The zero-order chi connectivity index (χ0) is 57.9. The molecule has 2 aromatic heterocycles. The third-order valence-corrected chi connectivity index (χ3v) is 13.8. The summed E-state index contributed by atoms with van der Waals surface area (Å²) in [6, 6.07) is 13.1. The van der Waals surface area contributed by atoms with Crippen molar-refractivity contribution < 1.29 is 52.0 Å². The van der Waals surface area contributed by atoms with E-state index in [-0.39, 0.29) is 116 Å². The minimum atomic E-state index is -0.861. The number of nitriles is 1. The van der Waals surface area contributed by atoms with E-state index in [4.69, 9.17) is 29.4 Å². The van der Waals surface area contributed by atoms with E-state index in [1.807, 2.05) is 58.0 Å². The third-order valence-electron chi connectivity index (χ3n) is 13.8. The van der Waals surface area contributed by atoms with E-state index >= 15 is 0 Å². The molecule has 0 radical (unpaired) electrons. The highest BCUT2D eigenvalue weighted by molar-refractivity contribution is 5.96. The number of halogens is 1. The fourth-order valence-corrected chi connectivity index (χ4v) is 9.29. The number of aromatic nitrogens is 4. The lowest BCUT2D eigenvalue weighted by Gasteiger charge is -2.36. The molecule has 4 heterocycles. The third kappa shape index (κ3) is 16.9. The molecular formula is C56H78FN13O10. The summed E-state index contributed by atoms with van der Waals surface area (Å²) in [4.78, 5) is 79.8. The average molecular weight is 1110 g/mol. The van der Waals surface area contributed by atoms with Crippen molar-refractivity contribution >= 4 is 35.4 Å². The molecule has 2 aliphatic rings. The monoisotopic (exact) mass is 1110 g/mol. The lowest BCUT2D eigenvalue weighted by Crippen LogP contribution is -2.59. The van der Waals surface area contributed by atoms with E-state index in [2.05, 4.69) is 47.7 Å². The van der Waals surface area contributed by atoms with Gasteiger partial charge in [-0.2, -0.15) is 10.4 Å².